The van der Waals surface area contributed by atoms with Crippen LogP contribution in [0.4, 0.5) is 11.6 Å². The lowest BCUT2D eigenvalue weighted by Gasteiger charge is -2.33. The Balaban J connectivity index is 1.22. The largest absolute Gasteiger partial charge is 0.324 e. The Bertz CT molecular complexity index is 1870. The number of nitrogens with zero attached hydrogens (tertiary/aromatic N) is 5. The van der Waals surface area contributed by atoms with Crippen molar-refractivity contribution in [2.24, 2.45) is 0 Å². The van der Waals surface area contributed by atoms with E-state index >= 15 is 0 Å². The maximum absolute atomic E-state index is 13.3. The van der Waals surface area contributed by atoms with Crippen molar-refractivity contribution >= 4 is 38.6 Å². The van der Waals surface area contributed by atoms with Gasteiger partial charge in [-0.25, -0.2) is 18.9 Å². The van der Waals surface area contributed by atoms with Gasteiger partial charge in [0.15, 0.2) is 5.65 Å². The van der Waals surface area contributed by atoms with Gasteiger partial charge in [-0.1, -0.05) is 18.2 Å². The van der Waals surface area contributed by atoms with Gasteiger partial charge >= 0.3 is 0 Å². The van der Waals surface area contributed by atoms with E-state index in [1.165, 1.54) is 41.2 Å². The Labute approximate surface area is 255 Å². The van der Waals surface area contributed by atoms with Gasteiger partial charge in [0.1, 0.15) is 5.56 Å². The van der Waals surface area contributed by atoms with Gasteiger partial charge in [0.05, 0.1) is 18.8 Å². The van der Waals surface area contributed by atoms with Crippen LogP contribution in [-0.4, -0.2) is 84.2 Å². The summed E-state index contributed by atoms with van der Waals surface area (Å²) in [6, 6.07) is 14.1. The molecule has 13 heteroatoms. The quantitative estimate of drug-likeness (QED) is 0.271. The molecule has 4 aromatic rings. The summed E-state index contributed by atoms with van der Waals surface area (Å²) in [6.07, 6.45) is 8.17. The number of carbonyl (C=O) groups is 1. The van der Waals surface area contributed by atoms with Crippen molar-refractivity contribution in [3.05, 3.63) is 87.3 Å². The summed E-state index contributed by atoms with van der Waals surface area (Å²) in [5.74, 6) is -0.329. The van der Waals surface area contributed by atoms with Crippen molar-refractivity contribution in [2.75, 3.05) is 51.4 Å². The minimum Gasteiger partial charge on any atom is -0.324 e. The SMILES string of the molecule is CONC(=O)c1cn(-c2ccc3c(c2)CCC3)c2nc(Nc3ccc(CCN4CCN(S(C)(=O)=O)CC4)cc3)ncc2c1=O. The molecule has 1 amide bonds. The van der Waals surface area contributed by atoms with Crippen molar-refractivity contribution in [3.8, 4) is 5.69 Å². The molecular weight excluding hydrogens is 582 g/mol. The summed E-state index contributed by atoms with van der Waals surface area (Å²) >= 11 is 0. The van der Waals surface area contributed by atoms with Crippen LogP contribution in [0, 0.1) is 0 Å². The molecule has 1 aliphatic heterocycles. The maximum atomic E-state index is 13.3. The lowest BCUT2D eigenvalue weighted by molar-refractivity contribution is 0.0536. The molecule has 0 atom stereocenters. The van der Waals surface area contributed by atoms with Crippen molar-refractivity contribution < 1.29 is 18.0 Å². The second kappa shape index (κ2) is 12.4. The second-order valence-corrected chi connectivity index (χ2v) is 13.2. The fourth-order valence-electron chi connectivity index (χ4n) is 5.84. The number of hydrogen-bond donors (Lipinski definition) is 2. The van der Waals surface area contributed by atoms with Crippen LogP contribution in [0.5, 0.6) is 0 Å². The molecular formula is C31H35N7O5S. The van der Waals surface area contributed by atoms with Gasteiger partial charge in [0, 0.05) is 56.5 Å². The molecule has 0 radical (unpaired) electrons. The van der Waals surface area contributed by atoms with Crippen molar-refractivity contribution in [3.63, 3.8) is 0 Å². The van der Waals surface area contributed by atoms with Gasteiger partial charge in [-0.2, -0.15) is 9.29 Å². The van der Waals surface area contributed by atoms with Crippen LogP contribution in [0.2, 0.25) is 0 Å². The van der Waals surface area contributed by atoms with Crippen molar-refractivity contribution in [1.82, 2.24) is 29.2 Å². The first-order chi connectivity index (χ1) is 21.2. The lowest BCUT2D eigenvalue weighted by atomic mass is 10.1. The third-order valence-electron chi connectivity index (χ3n) is 8.27. The van der Waals surface area contributed by atoms with E-state index in [1.54, 1.807) is 4.57 Å². The van der Waals surface area contributed by atoms with E-state index < -0.39 is 21.4 Å². The molecule has 0 unspecified atom stereocenters. The fourth-order valence-corrected chi connectivity index (χ4v) is 6.67. The number of benzene rings is 2. The Hall–Kier alpha value is -4.17. The first kappa shape index (κ1) is 29.9. The third-order valence-corrected chi connectivity index (χ3v) is 9.57. The first-order valence-electron chi connectivity index (χ1n) is 14.6. The summed E-state index contributed by atoms with van der Waals surface area (Å²) in [4.78, 5) is 42.1. The summed E-state index contributed by atoms with van der Waals surface area (Å²) in [7, 11) is -1.82. The zero-order valence-electron chi connectivity index (χ0n) is 24.7. The van der Waals surface area contributed by atoms with E-state index in [0.717, 1.165) is 62.3 Å². The Morgan fingerprint density at radius 3 is 2.50 bits per heavy atom. The summed E-state index contributed by atoms with van der Waals surface area (Å²) in [5.41, 5.74) is 7.37. The monoisotopic (exact) mass is 617 g/mol. The highest BCUT2D eigenvalue weighted by molar-refractivity contribution is 7.88. The number of fused-ring (bicyclic) bond motifs is 2. The van der Waals surface area contributed by atoms with Gasteiger partial charge in [0.25, 0.3) is 5.91 Å². The average molecular weight is 618 g/mol. The van der Waals surface area contributed by atoms with Crippen LogP contribution in [0.25, 0.3) is 16.7 Å². The topological polar surface area (TPSA) is 139 Å². The molecule has 0 spiro atoms. The van der Waals surface area contributed by atoms with Gasteiger partial charge in [-0.05, 0) is 66.6 Å². The molecule has 1 aliphatic carbocycles. The molecule has 2 aromatic heterocycles. The number of aromatic nitrogens is 3. The van der Waals surface area contributed by atoms with Gasteiger partial charge in [-0.15, -0.1) is 0 Å². The number of piperazine rings is 1. The van der Waals surface area contributed by atoms with Crippen LogP contribution in [0.3, 0.4) is 0 Å². The summed E-state index contributed by atoms with van der Waals surface area (Å²) in [6.45, 7) is 3.34. The second-order valence-electron chi connectivity index (χ2n) is 11.2. The molecule has 0 bridgehead atoms. The van der Waals surface area contributed by atoms with E-state index in [2.05, 4.69) is 32.8 Å². The highest BCUT2D eigenvalue weighted by Crippen LogP contribution is 2.26. The van der Waals surface area contributed by atoms with E-state index in [1.807, 2.05) is 30.3 Å². The molecule has 3 heterocycles. The van der Waals surface area contributed by atoms with Crippen molar-refractivity contribution in [2.45, 2.75) is 25.7 Å². The number of hydrogen-bond acceptors (Lipinski definition) is 9. The molecule has 230 valence electrons. The predicted molar refractivity (Wildman–Crippen MR) is 168 cm³/mol. The molecule has 2 aromatic carbocycles. The standard InChI is InChI=1S/C31H35N7O5S/c1-43-35-30(40)27-20-38(25-11-8-22-4-3-5-23(22)18-25)29-26(28(27)39)19-32-31(34-29)33-24-9-6-21(7-10-24)12-13-36-14-16-37(17-15-36)44(2,41)42/h6-11,18-20H,3-5,12-17H2,1-2H3,(H,35,40)(H,32,33,34). The minimum absolute atomic E-state index is 0.0722. The number of hydroxylamine groups is 1. The molecule has 1 saturated heterocycles. The van der Waals surface area contributed by atoms with Gasteiger partial charge in [-0.3, -0.25) is 14.4 Å². The number of sulfonamides is 1. The highest BCUT2D eigenvalue weighted by Gasteiger charge is 2.23. The van der Waals surface area contributed by atoms with E-state index in [-0.39, 0.29) is 10.9 Å². The number of anilines is 2. The van der Waals surface area contributed by atoms with Gasteiger partial charge in [0.2, 0.25) is 21.4 Å². The normalized spacial score (nSPS) is 15.8. The molecule has 6 rings (SSSR count). The number of amides is 1. The number of carbonyl (C=O) groups excluding carboxylic acids is 1. The summed E-state index contributed by atoms with van der Waals surface area (Å²) in [5, 5.41) is 3.45. The first-order valence-corrected chi connectivity index (χ1v) is 16.5. The highest BCUT2D eigenvalue weighted by atomic mass is 32.2. The Morgan fingerprint density at radius 2 is 1.77 bits per heavy atom. The molecule has 1 fully saturated rings. The number of rotatable bonds is 9. The molecule has 2 aliphatic rings. The summed E-state index contributed by atoms with van der Waals surface area (Å²) < 4.78 is 26.8. The third kappa shape index (κ3) is 6.36. The zero-order chi connectivity index (χ0) is 30.8. The Kier molecular flexibility index (Phi) is 8.45. The van der Waals surface area contributed by atoms with E-state index in [4.69, 9.17) is 9.82 Å². The molecule has 12 nitrogen and oxygen atoms in total. The van der Waals surface area contributed by atoms with Crippen LogP contribution in [0.15, 0.2) is 59.7 Å². The zero-order valence-corrected chi connectivity index (χ0v) is 25.6. The van der Waals surface area contributed by atoms with Crippen LogP contribution >= 0.6 is 0 Å². The minimum atomic E-state index is -3.14. The van der Waals surface area contributed by atoms with Crippen LogP contribution in [0.1, 0.15) is 33.5 Å². The lowest BCUT2D eigenvalue weighted by Crippen LogP contribution is -2.48. The maximum Gasteiger partial charge on any atom is 0.280 e. The molecule has 0 saturated carbocycles. The predicted octanol–water partition coefficient (Wildman–Crippen LogP) is 2.42. The van der Waals surface area contributed by atoms with Crippen LogP contribution in [-0.2, 0) is 34.1 Å². The Morgan fingerprint density at radius 1 is 1.02 bits per heavy atom. The average Bonchev–Trinajstić information content (AvgIpc) is 3.49. The fraction of sp³-hybridized carbons (Fsp3) is 0.355. The van der Waals surface area contributed by atoms with E-state index in [0.29, 0.717) is 24.7 Å². The number of pyridine rings is 1. The number of nitrogens with one attached hydrogen (secondary N) is 2. The number of aryl methyl sites for hydroxylation is 2. The van der Waals surface area contributed by atoms with Crippen LogP contribution < -0.4 is 16.2 Å². The van der Waals surface area contributed by atoms with E-state index in [9.17, 15) is 18.0 Å². The van der Waals surface area contributed by atoms with Gasteiger partial charge < -0.3 is 14.8 Å². The molecule has 2 N–H and O–H groups in total. The van der Waals surface area contributed by atoms with Crippen molar-refractivity contribution in [1.29, 1.82) is 0 Å². The smallest absolute Gasteiger partial charge is 0.280 e. The molecule has 44 heavy (non-hydrogen) atoms.